The van der Waals surface area contributed by atoms with E-state index < -0.39 is 0 Å². The number of hydrogen-bond donors (Lipinski definition) is 1. The minimum atomic E-state index is -0.319. The van der Waals surface area contributed by atoms with Crippen molar-refractivity contribution in [3.8, 4) is 0 Å². The van der Waals surface area contributed by atoms with Gasteiger partial charge in [-0.05, 0) is 39.5 Å². The van der Waals surface area contributed by atoms with Crippen LogP contribution in [-0.2, 0) is 24.8 Å². The summed E-state index contributed by atoms with van der Waals surface area (Å²) >= 11 is 0. The predicted octanol–water partition coefficient (Wildman–Crippen LogP) is 1.66. The van der Waals surface area contributed by atoms with Crippen molar-refractivity contribution in [2.75, 3.05) is 13.1 Å². The highest BCUT2D eigenvalue weighted by Crippen LogP contribution is 2.37. The van der Waals surface area contributed by atoms with Gasteiger partial charge in [0.05, 0.1) is 17.9 Å². The first-order valence-electron chi connectivity index (χ1n) is 10.6. The van der Waals surface area contributed by atoms with E-state index in [1.165, 1.54) is 0 Å². The normalized spacial score (nSPS) is 20.3. The number of aryl methyl sites for hydroxylation is 3. The Kier molecular flexibility index (Phi) is 4.46. The first kappa shape index (κ1) is 19.3. The topological polar surface area (TPSA) is 102 Å². The lowest BCUT2D eigenvalue weighted by Crippen LogP contribution is -2.51. The second-order valence-electron chi connectivity index (χ2n) is 8.79. The van der Waals surface area contributed by atoms with E-state index in [1.807, 2.05) is 16.6 Å². The maximum atomic E-state index is 12.9. The van der Waals surface area contributed by atoms with Crippen LogP contribution in [0, 0.1) is 13.8 Å². The first-order valence-corrected chi connectivity index (χ1v) is 10.6. The molecule has 2 fully saturated rings. The van der Waals surface area contributed by atoms with E-state index in [4.69, 9.17) is 9.26 Å². The van der Waals surface area contributed by atoms with Crippen LogP contribution in [0.15, 0.2) is 4.52 Å². The number of carbonyl (C=O) groups is 2. The molecule has 5 rings (SSSR count). The average Bonchev–Trinajstić information content (AvgIpc) is 3.40. The second-order valence-corrected chi connectivity index (χ2v) is 8.79. The van der Waals surface area contributed by atoms with Crippen molar-refractivity contribution in [3.05, 3.63) is 34.0 Å². The lowest BCUT2D eigenvalue weighted by Gasteiger charge is -2.43. The van der Waals surface area contributed by atoms with Gasteiger partial charge in [-0.15, -0.1) is 0 Å². The van der Waals surface area contributed by atoms with Crippen LogP contribution >= 0.6 is 0 Å². The Morgan fingerprint density at radius 3 is 2.57 bits per heavy atom. The highest BCUT2D eigenvalue weighted by molar-refractivity contribution is 5.96. The van der Waals surface area contributed by atoms with Crippen molar-refractivity contribution in [2.24, 2.45) is 7.05 Å². The Morgan fingerprint density at radius 1 is 1.20 bits per heavy atom. The molecule has 0 bridgehead atoms. The largest absolute Gasteiger partial charge is 0.370 e. The zero-order valence-corrected chi connectivity index (χ0v) is 17.7. The standard InChI is InChI=1S/C21H27N5O4/c1-12-17(13(2)30-24-12)20(28)26-8-6-21(7-9-26)10-16-15(11-29-21)18(23-25(16)3)19(27)22-14-4-5-14/h14H,4-11H2,1-3H3,(H,22,27). The summed E-state index contributed by atoms with van der Waals surface area (Å²) < 4.78 is 13.3. The molecule has 160 valence electrons. The van der Waals surface area contributed by atoms with Gasteiger partial charge in [0, 0.05) is 43.9 Å². The van der Waals surface area contributed by atoms with Crippen LogP contribution in [0.2, 0.25) is 0 Å². The number of carbonyl (C=O) groups excluding carboxylic acids is 2. The van der Waals surface area contributed by atoms with Gasteiger partial charge in [-0.1, -0.05) is 5.16 Å². The molecule has 0 unspecified atom stereocenters. The summed E-state index contributed by atoms with van der Waals surface area (Å²) in [4.78, 5) is 27.3. The summed E-state index contributed by atoms with van der Waals surface area (Å²) in [5, 5.41) is 11.4. The maximum absolute atomic E-state index is 12.9. The number of aromatic nitrogens is 3. The first-order chi connectivity index (χ1) is 14.4. The monoisotopic (exact) mass is 413 g/mol. The van der Waals surface area contributed by atoms with E-state index in [1.54, 1.807) is 13.8 Å². The molecule has 2 aromatic heterocycles. The number of nitrogens with one attached hydrogen (secondary N) is 1. The fourth-order valence-electron chi connectivity index (χ4n) is 4.61. The molecule has 0 radical (unpaired) electrons. The summed E-state index contributed by atoms with van der Waals surface area (Å²) in [6.07, 6.45) is 4.29. The highest BCUT2D eigenvalue weighted by atomic mass is 16.5. The van der Waals surface area contributed by atoms with Crippen LogP contribution in [0.3, 0.4) is 0 Å². The van der Waals surface area contributed by atoms with Crippen molar-refractivity contribution in [1.82, 2.24) is 25.2 Å². The molecule has 3 aliphatic rings. The number of fused-ring (bicyclic) bond motifs is 1. The molecule has 2 aliphatic heterocycles. The van der Waals surface area contributed by atoms with Gasteiger partial charge >= 0.3 is 0 Å². The van der Waals surface area contributed by atoms with E-state index in [-0.39, 0.29) is 17.4 Å². The SMILES string of the molecule is Cc1noc(C)c1C(=O)N1CCC2(CC1)Cc1c(c(C(=O)NC3CC3)nn1C)CO2. The van der Waals surface area contributed by atoms with Crippen molar-refractivity contribution in [1.29, 1.82) is 0 Å². The minimum absolute atomic E-state index is 0.0304. The van der Waals surface area contributed by atoms with Crippen LogP contribution in [-0.4, -0.2) is 56.4 Å². The molecule has 30 heavy (non-hydrogen) atoms. The molecule has 1 saturated carbocycles. The molecule has 1 saturated heterocycles. The van der Waals surface area contributed by atoms with Gasteiger partial charge in [0.2, 0.25) is 0 Å². The molecular weight excluding hydrogens is 386 g/mol. The van der Waals surface area contributed by atoms with Gasteiger partial charge in [0.1, 0.15) is 11.3 Å². The van der Waals surface area contributed by atoms with E-state index >= 15 is 0 Å². The lowest BCUT2D eigenvalue weighted by atomic mass is 9.83. The number of hydrogen-bond acceptors (Lipinski definition) is 6. The van der Waals surface area contributed by atoms with Crippen LogP contribution < -0.4 is 5.32 Å². The van der Waals surface area contributed by atoms with Crippen molar-refractivity contribution >= 4 is 11.8 Å². The Labute approximate surface area is 174 Å². The van der Waals surface area contributed by atoms with E-state index in [0.717, 1.165) is 36.9 Å². The Hall–Kier alpha value is -2.68. The number of amides is 2. The van der Waals surface area contributed by atoms with Crippen molar-refractivity contribution in [3.63, 3.8) is 0 Å². The molecule has 2 amide bonds. The third-order valence-corrected chi connectivity index (χ3v) is 6.62. The minimum Gasteiger partial charge on any atom is -0.370 e. The second kappa shape index (κ2) is 6.94. The molecule has 9 nitrogen and oxygen atoms in total. The number of ether oxygens (including phenoxy) is 1. The predicted molar refractivity (Wildman–Crippen MR) is 106 cm³/mol. The summed E-state index contributed by atoms with van der Waals surface area (Å²) in [6, 6.07) is 0.297. The summed E-state index contributed by atoms with van der Waals surface area (Å²) in [5.41, 5.74) is 3.32. The third kappa shape index (κ3) is 3.21. The average molecular weight is 413 g/mol. The van der Waals surface area contributed by atoms with Crippen LogP contribution in [0.25, 0.3) is 0 Å². The quantitative estimate of drug-likeness (QED) is 0.821. The van der Waals surface area contributed by atoms with E-state index in [0.29, 0.717) is 54.9 Å². The van der Waals surface area contributed by atoms with Gasteiger partial charge in [0.15, 0.2) is 5.69 Å². The summed E-state index contributed by atoms with van der Waals surface area (Å²) in [5.74, 6) is 0.425. The Morgan fingerprint density at radius 2 is 1.93 bits per heavy atom. The third-order valence-electron chi connectivity index (χ3n) is 6.62. The molecule has 4 heterocycles. The van der Waals surface area contributed by atoms with E-state index in [2.05, 4.69) is 15.6 Å². The molecule has 9 heteroatoms. The number of nitrogens with zero attached hydrogens (tertiary/aromatic N) is 4. The smallest absolute Gasteiger partial charge is 0.272 e. The zero-order valence-electron chi connectivity index (χ0n) is 17.7. The van der Waals surface area contributed by atoms with Gasteiger partial charge in [-0.2, -0.15) is 5.10 Å². The van der Waals surface area contributed by atoms with Gasteiger partial charge < -0.3 is 19.5 Å². The molecule has 1 N–H and O–H groups in total. The fraction of sp³-hybridized carbons (Fsp3) is 0.619. The van der Waals surface area contributed by atoms with E-state index in [9.17, 15) is 9.59 Å². The molecular formula is C21H27N5O4. The molecule has 0 atom stereocenters. The lowest BCUT2D eigenvalue weighted by molar-refractivity contribution is -0.0990. The zero-order chi connectivity index (χ0) is 21.0. The van der Waals surface area contributed by atoms with Crippen molar-refractivity contribution in [2.45, 2.75) is 64.2 Å². The van der Waals surface area contributed by atoms with Crippen molar-refractivity contribution < 1.29 is 18.8 Å². The van der Waals surface area contributed by atoms with Crippen LogP contribution in [0.4, 0.5) is 0 Å². The molecule has 1 aliphatic carbocycles. The molecule has 0 aromatic carbocycles. The molecule has 2 aromatic rings. The molecule has 1 spiro atoms. The van der Waals surface area contributed by atoms with Gasteiger partial charge in [-0.25, -0.2) is 0 Å². The maximum Gasteiger partial charge on any atom is 0.272 e. The number of likely N-dealkylation sites (tertiary alicyclic amines) is 1. The number of piperidine rings is 1. The van der Waals surface area contributed by atoms with Gasteiger partial charge in [-0.3, -0.25) is 14.3 Å². The van der Waals surface area contributed by atoms with Gasteiger partial charge in [0.25, 0.3) is 11.8 Å². The summed E-state index contributed by atoms with van der Waals surface area (Å²) in [6.45, 7) is 5.18. The van der Waals surface area contributed by atoms with Crippen LogP contribution in [0.1, 0.15) is 69.2 Å². The Bertz CT molecular complexity index is 992. The number of rotatable bonds is 3. The van der Waals surface area contributed by atoms with Crippen LogP contribution in [0.5, 0.6) is 0 Å². The fourth-order valence-corrected chi connectivity index (χ4v) is 4.61. The highest BCUT2D eigenvalue weighted by Gasteiger charge is 2.43. The Balaban J connectivity index is 1.29. The summed E-state index contributed by atoms with van der Waals surface area (Å²) in [7, 11) is 1.89.